The molecule has 0 radical (unpaired) electrons. The summed E-state index contributed by atoms with van der Waals surface area (Å²) in [6, 6.07) is 0. The van der Waals surface area contributed by atoms with Crippen LogP contribution in [-0.4, -0.2) is 68.6 Å². The highest BCUT2D eigenvalue weighted by Crippen LogP contribution is 2.14. The first-order chi connectivity index (χ1) is 19.0. The van der Waals surface area contributed by atoms with Gasteiger partial charge in [0.15, 0.2) is 6.10 Å². The zero-order chi connectivity index (χ0) is 28.4. The number of thiazole rings is 1. The van der Waals surface area contributed by atoms with Gasteiger partial charge in [-0.2, -0.15) is 0 Å². The molecule has 0 bridgehead atoms. The molecule has 1 aromatic rings. The number of carbonyl (C=O) groups is 2. The first-order valence-electron chi connectivity index (χ1n) is 15.3. The summed E-state index contributed by atoms with van der Waals surface area (Å²) in [7, 11) is 3.23. The highest BCUT2D eigenvalue weighted by molar-refractivity contribution is 7.09. The molecule has 0 aromatic carbocycles. The lowest BCUT2D eigenvalue weighted by Crippen LogP contribution is -2.36. The SMILES string of the molecule is CCCCCCCCCCCCCCCCCCOCC(COC(=O)NCCc1nccs1)OC(=O)N(C)C. The Morgan fingerprint density at radius 1 is 0.872 bits per heavy atom. The van der Waals surface area contributed by atoms with Gasteiger partial charge in [-0.05, 0) is 6.42 Å². The van der Waals surface area contributed by atoms with Gasteiger partial charge in [-0.1, -0.05) is 103 Å². The van der Waals surface area contributed by atoms with Gasteiger partial charge in [0.25, 0.3) is 0 Å². The lowest BCUT2D eigenvalue weighted by Gasteiger charge is -2.20. The summed E-state index contributed by atoms with van der Waals surface area (Å²) < 4.78 is 16.4. The monoisotopic (exact) mass is 569 g/mol. The Bertz CT molecular complexity index is 703. The minimum absolute atomic E-state index is 0.0539. The fourth-order valence-electron chi connectivity index (χ4n) is 4.20. The van der Waals surface area contributed by atoms with Crippen LogP contribution in [0.15, 0.2) is 11.6 Å². The largest absolute Gasteiger partial charge is 0.446 e. The van der Waals surface area contributed by atoms with Gasteiger partial charge in [-0.3, -0.25) is 0 Å². The number of amides is 2. The number of unbranched alkanes of at least 4 members (excludes halogenated alkanes) is 15. The quantitative estimate of drug-likeness (QED) is 0.121. The molecule has 2 amide bonds. The first-order valence-corrected chi connectivity index (χ1v) is 16.2. The van der Waals surface area contributed by atoms with Crippen LogP contribution in [0.3, 0.4) is 0 Å². The van der Waals surface area contributed by atoms with Gasteiger partial charge in [-0.15, -0.1) is 11.3 Å². The zero-order valence-electron chi connectivity index (χ0n) is 24.9. The predicted molar refractivity (Wildman–Crippen MR) is 159 cm³/mol. The first kappa shape index (κ1) is 35.2. The van der Waals surface area contributed by atoms with E-state index in [4.69, 9.17) is 14.2 Å². The molecule has 1 unspecified atom stereocenters. The van der Waals surface area contributed by atoms with Crippen LogP contribution in [0.1, 0.15) is 115 Å². The van der Waals surface area contributed by atoms with Gasteiger partial charge >= 0.3 is 12.2 Å². The van der Waals surface area contributed by atoms with E-state index >= 15 is 0 Å². The van der Waals surface area contributed by atoms with Crippen molar-refractivity contribution in [2.24, 2.45) is 0 Å². The maximum atomic E-state index is 12.0. The Labute approximate surface area is 241 Å². The second-order valence-electron chi connectivity index (χ2n) is 10.5. The van der Waals surface area contributed by atoms with E-state index < -0.39 is 18.3 Å². The highest BCUT2D eigenvalue weighted by Gasteiger charge is 2.18. The van der Waals surface area contributed by atoms with E-state index in [0.29, 0.717) is 19.6 Å². The molecule has 226 valence electrons. The average Bonchev–Trinajstić information content (AvgIpc) is 3.44. The molecule has 39 heavy (non-hydrogen) atoms. The molecule has 0 aliphatic carbocycles. The van der Waals surface area contributed by atoms with E-state index in [0.717, 1.165) is 17.8 Å². The third kappa shape index (κ3) is 21.6. The summed E-state index contributed by atoms with van der Waals surface area (Å²) in [5, 5.41) is 5.55. The van der Waals surface area contributed by atoms with Crippen molar-refractivity contribution in [1.29, 1.82) is 0 Å². The molecule has 8 nitrogen and oxygen atoms in total. The lowest BCUT2D eigenvalue weighted by atomic mass is 10.0. The number of rotatable bonds is 25. The lowest BCUT2D eigenvalue weighted by molar-refractivity contribution is -0.0198. The summed E-state index contributed by atoms with van der Waals surface area (Å²) in [5.74, 6) is 0. The van der Waals surface area contributed by atoms with E-state index in [2.05, 4.69) is 17.2 Å². The predicted octanol–water partition coefficient (Wildman–Crippen LogP) is 7.76. The van der Waals surface area contributed by atoms with Crippen LogP contribution in [-0.2, 0) is 20.6 Å². The third-order valence-electron chi connectivity index (χ3n) is 6.57. The molecule has 1 atom stereocenters. The maximum absolute atomic E-state index is 12.0. The van der Waals surface area contributed by atoms with Crippen LogP contribution >= 0.6 is 11.3 Å². The summed E-state index contributed by atoms with van der Waals surface area (Å²) >= 11 is 1.55. The summed E-state index contributed by atoms with van der Waals surface area (Å²) in [6.07, 6.45) is 22.0. The molecule has 1 aromatic heterocycles. The van der Waals surface area contributed by atoms with Gasteiger partial charge in [0.1, 0.15) is 6.61 Å². The Hall–Kier alpha value is -1.87. The van der Waals surface area contributed by atoms with E-state index in [-0.39, 0.29) is 13.2 Å². The van der Waals surface area contributed by atoms with Crippen molar-refractivity contribution in [1.82, 2.24) is 15.2 Å². The van der Waals surface area contributed by atoms with Crippen LogP contribution in [0.4, 0.5) is 9.59 Å². The Morgan fingerprint density at radius 2 is 1.44 bits per heavy atom. The van der Waals surface area contributed by atoms with Crippen molar-refractivity contribution in [3.05, 3.63) is 16.6 Å². The number of hydrogen-bond acceptors (Lipinski definition) is 7. The summed E-state index contributed by atoms with van der Waals surface area (Å²) in [4.78, 5) is 29.5. The highest BCUT2D eigenvalue weighted by atomic mass is 32.1. The number of nitrogens with one attached hydrogen (secondary N) is 1. The molecule has 0 saturated heterocycles. The summed E-state index contributed by atoms with van der Waals surface area (Å²) in [6.45, 7) is 3.46. The van der Waals surface area contributed by atoms with E-state index in [9.17, 15) is 9.59 Å². The Morgan fingerprint density at radius 3 is 1.95 bits per heavy atom. The van der Waals surface area contributed by atoms with Crippen molar-refractivity contribution in [2.75, 3.05) is 40.5 Å². The topological polar surface area (TPSA) is 90.0 Å². The number of alkyl carbamates (subject to hydrolysis) is 1. The molecule has 1 heterocycles. The average molecular weight is 570 g/mol. The van der Waals surface area contributed by atoms with E-state index in [1.165, 1.54) is 94.8 Å². The fraction of sp³-hybridized carbons (Fsp3) is 0.833. The molecule has 0 fully saturated rings. The van der Waals surface area contributed by atoms with Crippen LogP contribution in [0, 0.1) is 0 Å². The van der Waals surface area contributed by atoms with Crippen LogP contribution in [0.2, 0.25) is 0 Å². The molecule has 0 aliphatic rings. The van der Waals surface area contributed by atoms with E-state index in [1.807, 2.05) is 5.38 Å². The Kier molecular flexibility index (Phi) is 22.6. The van der Waals surface area contributed by atoms with Crippen molar-refractivity contribution in [3.63, 3.8) is 0 Å². The smallest absolute Gasteiger partial charge is 0.409 e. The molecular weight excluding hydrogens is 514 g/mol. The van der Waals surface area contributed by atoms with Gasteiger partial charge in [0, 0.05) is 45.2 Å². The van der Waals surface area contributed by atoms with Crippen LogP contribution in [0.25, 0.3) is 0 Å². The minimum Gasteiger partial charge on any atom is -0.446 e. The number of aromatic nitrogens is 1. The van der Waals surface area contributed by atoms with Gasteiger partial charge < -0.3 is 24.4 Å². The molecule has 1 rings (SSSR count). The molecule has 0 aliphatic heterocycles. The minimum atomic E-state index is -0.648. The van der Waals surface area contributed by atoms with Crippen molar-refractivity contribution in [2.45, 2.75) is 122 Å². The molecule has 0 spiro atoms. The van der Waals surface area contributed by atoms with Crippen LogP contribution < -0.4 is 5.32 Å². The molecular formula is C30H55N3O5S. The standard InChI is InChI=1S/C30H55N3O5S/c1-4-5-6-7-8-9-10-11-12-13-14-15-16-17-18-19-23-36-25-27(38-30(35)33(2)3)26-37-29(34)32-21-20-28-31-22-24-39-28/h22,24,27H,4-21,23,25-26H2,1-3H3,(H,32,34). The molecule has 1 N–H and O–H groups in total. The van der Waals surface area contributed by atoms with E-state index in [1.54, 1.807) is 31.6 Å². The second kappa shape index (κ2) is 25.1. The van der Waals surface area contributed by atoms with Crippen molar-refractivity contribution in [3.8, 4) is 0 Å². The summed E-state index contributed by atoms with van der Waals surface area (Å²) in [5.41, 5.74) is 0. The zero-order valence-corrected chi connectivity index (χ0v) is 25.7. The number of ether oxygens (including phenoxy) is 3. The van der Waals surface area contributed by atoms with Crippen molar-refractivity contribution < 1.29 is 23.8 Å². The number of nitrogens with zero attached hydrogens (tertiary/aromatic N) is 2. The fourth-order valence-corrected chi connectivity index (χ4v) is 4.82. The molecule has 9 heteroatoms. The molecule has 0 saturated carbocycles. The maximum Gasteiger partial charge on any atom is 0.409 e. The normalized spacial score (nSPS) is 11.8. The second-order valence-corrected chi connectivity index (χ2v) is 11.5. The third-order valence-corrected chi connectivity index (χ3v) is 7.41. The Balaban J connectivity index is 2.01. The van der Waals surface area contributed by atoms with Gasteiger partial charge in [-0.25, -0.2) is 14.6 Å². The van der Waals surface area contributed by atoms with Gasteiger partial charge in [0.2, 0.25) is 0 Å². The number of carbonyl (C=O) groups excluding carboxylic acids is 2. The van der Waals surface area contributed by atoms with Gasteiger partial charge in [0.05, 0.1) is 11.6 Å². The van der Waals surface area contributed by atoms with Crippen LogP contribution in [0.5, 0.6) is 0 Å². The number of hydrogen-bond donors (Lipinski definition) is 1. The van der Waals surface area contributed by atoms with Crippen molar-refractivity contribution >= 4 is 23.5 Å².